The second-order valence-electron chi connectivity index (χ2n) is 4.10. The standard InChI is InChI=1S/C12H10F3NO2/c1-6-2-3-9-7(4-6)8(5-10(17)18)11(16-9)12(13,14)15/h2-4,16H,5H2,1H3,(H,17,18). The van der Waals surface area contributed by atoms with Crippen LogP contribution >= 0.6 is 0 Å². The van der Waals surface area contributed by atoms with Crippen LogP contribution in [0.25, 0.3) is 10.9 Å². The number of hydrogen-bond donors (Lipinski definition) is 2. The molecule has 0 bridgehead atoms. The predicted molar refractivity (Wildman–Crippen MR) is 59.4 cm³/mol. The smallest absolute Gasteiger partial charge is 0.431 e. The molecule has 1 heterocycles. The van der Waals surface area contributed by atoms with Crippen molar-refractivity contribution >= 4 is 16.9 Å². The molecule has 18 heavy (non-hydrogen) atoms. The van der Waals surface area contributed by atoms with Gasteiger partial charge >= 0.3 is 12.1 Å². The Morgan fingerprint density at radius 1 is 1.39 bits per heavy atom. The summed E-state index contributed by atoms with van der Waals surface area (Å²) in [6.07, 6.45) is -5.24. The van der Waals surface area contributed by atoms with Gasteiger partial charge in [-0.1, -0.05) is 11.6 Å². The third-order valence-electron chi connectivity index (χ3n) is 2.67. The first-order valence-electron chi connectivity index (χ1n) is 5.19. The van der Waals surface area contributed by atoms with Gasteiger partial charge in [-0.25, -0.2) is 0 Å². The minimum atomic E-state index is -4.59. The van der Waals surface area contributed by atoms with Crippen molar-refractivity contribution in [3.8, 4) is 0 Å². The summed E-state index contributed by atoms with van der Waals surface area (Å²) in [5, 5.41) is 9.03. The van der Waals surface area contributed by atoms with Crippen LogP contribution in [0.4, 0.5) is 13.2 Å². The van der Waals surface area contributed by atoms with E-state index in [1.165, 1.54) is 6.07 Å². The maximum Gasteiger partial charge on any atom is 0.431 e. The van der Waals surface area contributed by atoms with Crippen LogP contribution in [0.5, 0.6) is 0 Å². The van der Waals surface area contributed by atoms with Gasteiger partial charge in [0.2, 0.25) is 0 Å². The Kier molecular flexibility index (Phi) is 2.80. The monoisotopic (exact) mass is 257 g/mol. The number of nitrogens with one attached hydrogen (secondary N) is 1. The molecule has 0 saturated carbocycles. The molecule has 2 rings (SSSR count). The second kappa shape index (κ2) is 4.04. The number of fused-ring (bicyclic) bond motifs is 1. The zero-order chi connectivity index (χ0) is 13.5. The maximum atomic E-state index is 12.8. The average Bonchev–Trinajstić information content (AvgIpc) is 2.56. The minimum Gasteiger partial charge on any atom is -0.481 e. The van der Waals surface area contributed by atoms with Crippen LogP contribution < -0.4 is 0 Å². The highest BCUT2D eigenvalue weighted by atomic mass is 19.4. The minimum absolute atomic E-state index is 0.214. The van der Waals surface area contributed by atoms with Gasteiger partial charge in [0.05, 0.1) is 6.42 Å². The van der Waals surface area contributed by atoms with E-state index in [2.05, 4.69) is 4.98 Å². The lowest BCUT2D eigenvalue weighted by molar-refractivity contribution is -0.142. The first-order valence-corrected chi connectivity index (χ1v) is 5.19. The predicted octanol–water partition coefficient (Wildman–Crippen LogP) is 3.12. The molecule has 1 aromatic carbocycles. The highest BCUT2D eigenvalue weighted by Crippen LogP contribution is 2.36. The summed E-state index contributed by atoms with van der Waals surface area (Å²) in [6, 6.07) is 4.74. The summed E-state index contributed by atoms with van der Waals surface area (Å²) < 4.78 is 38.4. The topological polar surface area (TPSA) is 53.1 Å². The van der Waals surface area contributed by atoms with Crippen LogP contribution in [0.3, 0.4) is 0 Å². The van der Waals surface area contributed by atoms with Gasteiger partial charge in [-0.15, -0.1) is 0 Å². The van der Waals surface area contributed by atoms with Crippen molar-refractivity contribution in [2.75, 3.05) is 0 Å². The fourth-order valence-electron chi connectivity index (χ4n) is 1.94. The maximum absolute atomic E-state index is 12.8. The van der Waals surface area contributed by atoms with E-state index in [9.17, 15) is 18.0 Å². The molecule has 0 aliphatic carbocycles. The van der Waals surface area contributed by atoms with Crippen molar-refractivity contribution in [1.29, 1.82) is 0 Å². The molecule has 0 aliphatic heterocycles. The Hall–Kier alpha value is -1.98. The summed E-state index contributed by atoms with van der Waals surface area (Å²) in [6.45, 7) is 1.74. The highest BCUT2D eigenvalue weighted by molar-refractivity contribution is 5.89. The molecule has 0 amide bonds. The SMILES string of the molecule is Cc1ccc2[nH]c(C(F)(F)F)c(CC(=O)O)c2c1. The molecule has 1 aromatic heterocycles. The first-order chi connectivity index (χ1) is 8.29. The molecule has 2 N–H and O–H groups in total. The molecule has 0 spiro atoms. The van der Waals surface area contributed by atoms with E-state index in [0.29, 0.717) is 10.9 Å². The van der Waals surface area contributed by atoms with Gasteiger partial charge in [0.1, 0.15) is 5.69 Å². The van der Waals surface area contributed by atoms with Crippen LogP contribution in [0.1, 0.15) is 16.8 Å². The van der Waals surface area contributed by atoms with E-state index in [4.69, 9.17) is 5.11 Å². The largest absolute Gasteiger partial charge is 0.481 e. The number of alkyl halides is 3. The number of H-pyrrole nitrogens is 1. The van der Waals surface area contributed by atoms with E-state index in [0.717, 1.165) is 5.56 Å². The Morgan fingerprint density at radius 3 is 2.61 bits per heavy atom. The van der Waals surface area contributed by atoms with Crippen molar-refractivity contribution in [1.82, 2.24) is 4.98 Å². The summed E-state index contributed by atoms with van der Waals surface area (Å²) >= 11 is 0. The fraction of sp³-hybridized carbons (Fsp3) is 0.250. The number of rotatable bonds is 2. The van der Waals surface area contributed by atoms with Crippen molar-refractivity contribution in [3.63, 3.8) is 0 Å². The number of aromatic nitrogens is 1. The number of carbonyl (C=O) groups is 1. The molecule has 0 atom stereocenters. The zero-order valence-electron chi connectivity index (χ0n) is 9.43. The summed E-state index contributed by atoms with van der Waals surface area (Å²) in [7, 11) is 0. The molecule has 2 aromatic rings. The van der Waals surface area contributed by atoms with Crippen LogP contribution in [0, 0.1) is 6.92 Å². The summed E-state index contributed by atoms with van der Waals surface area (Å²) in [4.78, 5) is 12.9. The van der Waals surface area contributed by atoms with Gasteiger partial charge in [-0.3, -0.25) is 4.79 Å². The molecular weight excluding hydrogens is 247 g/mol. The number of benzene rings is 1. The fourth-order valence-corrected chi connectivity index (χ4v) is 1.94. The van der Waals surface area contributed by atoms with Gasteiger partial charge < -0.3 is 10.1 Å². The van der Waals surface area contributed by atoms with Gasteiger partial charge in [0, 0.05) is 16.5 Å². The van der Waals surface area contributed by atoms with Gasteiger partial charge in [-0.2, -0.15) is 13.2 Å². The molecule has 0 radical (unpaired) electrons. The molecule has 0 unspecified atom stereocenters. The van der Waals surface area contributed by atoms with E-state index >= 15 is 0 Å². The first kappa shape index (κ1) is 12.5. The summed E-state index contributed by atoms with van der Waals surface area (Å²) in [5.41, 5.74) is -0.120. The van der Waals surface area contributed by atoms with Crippen molar-refractivity contribution in [3.05, 3.63) is 35.0 Å². The third-order valence-corrected chi connectivity index (χ3v) is 2.67. The second-order valence-corrected chi connectivity index (χ2v) is 4.10. The van der Waals surface area contributed by atoms with E-state index < -0.39 is 24.3 Å². The number of carboxylic acids is 1. The van der Waals surface area contributed by atoms with E-state index in [1.54, 1.807) is 19.1 Å². The lowest BCUT2D eigenvalue weighted by atomic mass is 10.1. The van der Waals surface area contributed by atoms with Crippen LogP contribution in [-0.2, 0) is 17.4 Å². The molecule has 96 valence electrons. The number of hydrogen-bond acceptors (Lipinski definition) is 1. The lowest BCUT2D eigenvalue weighted by Crippen LogP contribution is -2.11. The normalized spacial score (nSPS) is 12.0. The molecule has 0 fully saturated rings. The Labute approximate surface area is 100 Å². The van der Waals surface area contributed by atoms with Crippen molar-refractivity contribution < 1.29 is 23.1 Å². The summed E-state index contributed by atoms with van der Waals surface area (Å²) in [5.74, 6) is -1.29. The Morgan fingerprint density at radius 2 is 2.06 bits per heavy atom. The number of halogens is 3. The number of carboxylic acid groups (broad SMARTS) is 1. The quantitative estimate of drug-likeness (QED) is 0.868. The van der Waals surface area contributed by atoms with Crippen LogP contribution in [0.2, 0.25) is 0 Å². The lowest BCUT2D eigenvalue weighted by Gasteiger charge is -2.06. The van der Waals surface area contributed by atoms with Crippen LogP contribution in [-0.4, -0.2) is 16.1 Å². The Bertz CT molecular complexity index is 614. The highest BCUT2D eigenvalue weighted by Gasteiger charge is 2.36. The number of aromatic amines is 1. The van der Waals surface area contributed by atoms with Gasteiger partial charge in [0.15, 0.2) is 0 Å². The number of aliphatic carboxylic acids is 1. The molecule has 0 saturated heterocycles. The van der Waals surface area contributed by atoms with Gasteiger partial charge in [-0.05, 0) is 19.1 Å². The zero-order valence-corrected chi connectivity index (χ0v) is 9.43. The van der Waals surface area contributed by atoms with Gasteiger partial charge in [0.25, 0.3) is 0 Å². The van der Waals surface area contributed by atoms with E-state index in [1.807, 2.05) is 0 Å². The van der Waals surface area contributed by atoms with Crippen molar-refractivity contribution in [2.45, 2.75) is 19.5 Å². The molecule has 3 nitrogen and oxygen atoms in total. The molecular formula is C12H10F3NO2. The molecule has 0 aliphatic rings. The average molecular weight is 257 g/mol. The van der Waals surface area contributed by atoms with Crippen molar-refractivity contribution in [2.24, 2.45) is 0 Å². The third kappa shape index (κ3) is 2.18. The Balaban J connectivity index is 2.73. The number of aryl methyl sites for hydroxylation is 1. The van der Waals surface area contributed by atoms with Crippen LogP contribution in [0.15, 0.2) is 18.2 Å². The molecule has 6 heteroatoms. The van der Waals surface area contributed by atoms with E-state index in [-0.39, 0.29) is 5.56 Å².